The predicted molar refractivity (Wildman–Crippen MR) is 280 cm³/mol. The molecule has 7 aliphatic rings. The molecule has 1 aromatic heterocycles. The standard InChI is InChI=1S/C61H59BN4O/c1-59(2,3)38-24-29-43(30-25-38)63-47-33-28-41-37-46(47)62-55-50(63)21-15-22-51(55)65(44-31-26-39(27-32-44)60(4,5)6)56-54-49(66(58(56)62)45-19-14-16-40(36-45)61(41,7)8)34-35-52-57(54)67-53-23-13-12-20-48(53)64(52)42-17-10-9-11-18-42/h10,12-21,23-33,36-37,51H,9,11,22,34-35H2,1-8H3. The third kappa shape index (κ3) is 5.87. The summed E-state index contributed by atoms with van der Waals surface area (Å²) in [6.45, 7) is 18.7. The Balaban J connectivity index is 1.16. The van der Waals surface area contributed by atoms with E-state index >= 15 is 0 Å². The van der Waals surface area contributed by atoms with Gasteiger partial charge in [-0.2, -0.15) is 0 Å². The van der Waals surface area contributed by atoms with E-state index in [-0.39, 0.29) is 29.0 Å². The Morgan fingerprint density at radius 2 is 1.39 bits per heavy atom. The summed E-state index contributed by atoms with van der Waals surface area (Å²) in [6, 6.07) is 44.6. The van der Waals surface area contributed by atoms with E-state index < -0.39 is 0 Å². The van der Waals surface area contributed by atoms with Gasteiger partial charge in [0, 0.05) is 50.8 Å². The largest absolute Gasteiger partial charge is 0.453 e. The Morgan fingerprint density at radius 3 is 2.12 bits per heavy atom. The monoisotopic (exact) mass is 874 g/mol. The van der Waals surface area contributed by atoms with Crippen molar-refractivity contribution in [1.82, 2.24) is 4.57 Å². The molecule has 6 heteroatoms. The molecular formula is C61H59BN4O. The third-order valence-corrected chi connectivity index (χ3v) is 16.0. The van der Waals surface area contributed by atoms with Crippen molar-refractivity contribution in [2.75, 3.05) is 14.7 Å². The van der Waals surface area contributed by atoms with Crippen molar-refractivity contribution in [1.29, 1.82) is 0 Å². The van der Waals surface area contributed by atoms with Crippen molar-refractivity contribution < 1.29 is 4.74 Å². The summed E-state index contributed by atoms with van der Waals surface area (Å²) in [4.78, 5) is 7.85. The number of allylic oxidation sites excluding steroid dienone is 5. The van der Waals surface area contributed by atoms with Crippen LogP contribution in [0.15, 0.2) is 168 Å². The molecule has 5 aromatic carbocycles. The molecule has 0 amide bonds. The highest BCUT2D eigenvalue weighted by molar-refractivity contribution is 6.94. The highest BCUT2D eigenvalue weighted by Crippen LogP contribution is 2.55. The van der Waals surface area contributed by atoms with Crippen LogP contribution in [0.3, 0.4) is 0 Å². The van der Waals surface area contributed by atoms with Gasteiger partial charge < -0.3 is 24.0 Å². The molecule has 4 aliphatic heterocycles. The van der Waals surface area contributed by atoms with Crippen LogP contribution in [0.5, 0.6) is 5.75 Å². The van der Waals surface area contributed by atoms with Crippen molar-refractivity contribution in [2.24, 2.45) is 0 Å². The van der Waals surface area contributed by atoms with E-state index in [0.29, 0.717) is 0 Å². The lowest BCUT2D eigenvalue weighted by molar-refractivity contribution is 0.488. The number of aromatic nitrogens is 1. The maximum absolute atomic E-state index is 7.44. The third-order valence-electron chi connectivity index (χ3n) is 16.0. The molecule has 13 rings (SSSR count). The van der Waals surface area contributed by atoms with E-state index in [1.54, 1.807) is 0 Å². The van der Waals surface area contributed by atoms with E-state index in [1.165, 1.54) is 95.6 Å². The zero-order chi connectivity index (χ0) is 45.7. The first-order valence-corrected chi connectivity index (χ1v) is 24.7. The summed E-state index contributed by atoms with van der Waals surface area (Å²) in [5.41, 5.74) is 22.9. The molecule has 332 valence electrons. The summed E-state index contributed by atoms with van der Waals surface area (Å²) < 4.78 is 10.2. The molecular weight excluding hydrogens is 816 g/mol. The van der Waals surface area contributed by atoms with Gasteiger partial charge in [-0.05, 0) is 143 Å². The SMILES string of the molecule is CC(C)(C)c1ccc(N2C3=C4B5c6cc(ccc62)C(C)(C)c2cccc(c2)-n2c6c(c(c25)N(c2ccc(C(C)(C)C)cc2)C4CC=C3)C2=C(CC6)N(C3=CCCC=C3)c3ccccc3O2)cc1. The van der Waals surface area contributed by atoms with Gasteiger partial charge in [-0.1, -0.05) is 134 Å². The molecule has 4 bridgehead atoms. The van der Waals surface area contributed by atoms with Gasteiger partial charge in [-0.25, -0.2) is 0 Å². The molecule has 6 aromatic rings. The zero-order valence-electron chi connectivity index (χ0n) is 40.2. The van der Waals surface area contributed by atoms with Gasteiger partial charge in [-0.15, -0.1) is 0 Å². The van der Waals surface area contributed by atoms with E-state index in [4.69, 9.17) is 4.74 Å². The fourth-order valence-corrected chi connectivity index (χ4v) is 12.4. The van der Waals surface area contributed by atoms with Gasteiger partial charge >= 0.3 is 0 Å². The number of ether oxygens (including phenoxy) is 1. The van der Waals surface area contributed by atoms with Crippen LogP contribution >= 0.6 is 0 Å². The van der Waals surface area contributed by atoms with Crippen LogP contribution in [-0.2, 0) is 22.7 Å². The number of benzene rings is 5. The van der Waals surface area contributed by atoms with Crippen molar-refractivity contribution >= 4 is 52.0 Å². The summed E-state index contributed by atoms with van der Waals surface area (Å²) in [5.74, 6) is 1.89. The zero-order valence-corrected chi connectivity index (χ0v) is 40.2. The van der Waals surface area contributed by atoms with Crippen LogP contribution < -0.4 is 30.5 Å². The highest BCUT2D eigenvalue weighted by atomic mass is 16.5. The lowest BCUT2D eigenvalue weighted by Gasteiger charge is -2.50. The van der Waals surface area contributed by atoms with E-state index in [2.05, 4.69) is 220 Å². The summed E-state index contributed by atoms with van der Waals surface area (Å²) in [5, 5.41) is 0. The lowest BCUT2D eigenvalue weighted by Crippen LogP contribution is -2.62. The van der Waals surface area contributed by atoms with Crippen molar-refractivity contribution in [3.05, 3.63) is 202 Å². The van der Waals surface area contributed by atoms with Crippen LogP contribution in [-0.4, -0.2) is 17.3 Å². The molecule has 1 atom stereocenters. The first-order valence-electron chi connectivity index (χ1n) is 24.7. The van der Waals surface area contributed by atoms with Crippen LogP contribution in [0.25, 0.3) is 11.4 Å². The number of rotatable bonds is 3. The normalized spacial score (nSPS) is 19.5. The number of hydrogen-bond acceptors (Lipinski definition) is 4. The summed E-state index contributed by atoms with van der Waals surface area (Å²) >= 11 is 0. The molecule has 0 radical (unpaired) electrons. The topological polar surface area (TPSA) is 23.9 Å². The first kappa shape index (κ1) is 40.6. The fourth-order valence-electron chi connectivity index (χ4n) is 12.4. The Labute approximate surface area is 397 Å². The number of para-hydroxylation sites is 2. The maximum Gasteiger partial charge on any atom is 0.268 e. The Bertz CT molecular complexity index is 3250. The molecule has 3 aliphatic carbocycles. The lowest BCUT2D eigenvalue weighted by atomic mass is 9.32. The fraction of sp³-hybridized carbons (Fsp3) is 0.279. The van der Waals surface area contributed by atoms with Gasteiger partial charge in [0.2, 0.25) is 0 Å². The number of nitrogens with zero attached hydrogens (tertiary/aromatic N) is 4. The van der Waals surface area contributed by atoms with Crippen LogP contribution in [0.2, 0.25) is 0 Å². The smallest absolute Gasteiger partial charge is 0.268 e. The second-order valence-corrected chi connectivity index (χ2v) is 22.4. The predicted octanol–water partition coefficient (Wildman–Crippen LogP) is 13.5. The number of fused-ring (bicyclic) bond motifs is 9. The van der Waals surface area contributed by atoms with Crippen LogP contribution in [0.4, 0.5) is 28.4 Å². The van der Waals surface area contributed by atoms with Crippen molar-refractivity contribution in [3.8, 4) is 11.4 Å². The second-order valence-electron chi connectivity index (χ2n) is 22.4. The average Bonchev–Trinajstić information content (AvgIpc) is 3.68. The molecule has 0 N–H and O–H groups in total. The van der Waals surface area contributed by atoms with E-state index in [9.17, 15) is 0 Å². The molecule has 5 nitrogen and oxygen atoms in total. The minimum atomic E-state index is -0.235. The quantitative estimate of drug-likeness (QED) is 0.165. The first-order chi connectivity index (χ1) is 32.3. The molecule has 0 saturated heterocycles. The highest BCUT2D eigenvalue weighted by Gasteiger charge is 2.53. The Morgan fingerprint density at radius 1 is 0.657 bits per heavy atom. The molecule has 0 saturated carbocycles. The van der Waals surface area contributed by atoms with Crippen LogP contribution in [0, 0.1) is 0 Å². The molecule has 67 heavy (non-hydrogen) atoms. The molecule has 1 unspecified atom stereocenters. The van der Waals surface area contributed by atoms with Gasteiger partial charge in [-0.3, -0.25) is 0 Å². The summed E-state index contributed by atoms with van der Waals surface area (Å²) in [6.07, 6.45) is 16.7. The number of anilines is 5. The van der Waals surface area contributed by atoms with Gasteiger partial charge in [0.25, 0.3) is 6.71 Å². The van der Waals surface area contributed by atoms with Crippen molar-refractivity contribution in [3.63, 3.8) is 0 Å². The number of hydrogen-bond donors (Lipinski definition) is 0. The summed E-state index contributed by atoms with van der Waals surface area (Å²) in [7, 11) is 0. The average molecular weight is 875 g/mol. The van der Waals surface area contributed by atoms with Gasteiger partial charge in [0.05, 0.1) is 28.7 Å². The van der Waals surface area contributed by atoms with E-state index in [1.807, 2.05) is 0 Å². The molecule has 0 spiro atoms. The minimum Gasteiger partial charge on any atom is -0.453 e. The maximum atomic E-state index is 7.44. The Hall–Kier alpha value is -6.66. The molecule has 0 fully saturated rings. The van der Waals surface area contributed by atoms with Crippen LogP contribution in [0.1, 0.15) is 115 Å². The molecule has 5 heterocycles. The van der Waals surface area contributed by atoms with E-state index in [0.717, 1.165) is 49.3 Å². The van der Waals surface area contributed by atoms with Crippen molar-refractivity contribution in [2.45, 2.75) is 110 Å². The minimum absolute atomic E-state index is 0.00623. The Kier molecular flexibility index (Phi) is 8.60. The second kappa shape index (κ2) is 14.2. The van der Waals surface area contributed by atoms with Gasteiger partial charge in [0.1, 0.15) is 0 Å². The van der Waals surface area contributed by atoms with Gasteiger partial charge in [0.15, 0.2) is 11.5 Å².